The third-order valence-electron chi connectivity index (χ3n) is 4.05. The molecule has 4 heteroatoms. The van der Waals surface area contributed by atoms with Crippen molar-refractivity contribution in [3.8, 4) is 0 Å². The lowest BCUT2D eigenvalue weighted by atomic mass is 10.0. The van der Waals surface area contributed by atoms with Gasteiger partial charge in [0, 0.05) is 31.9 Å². The minimum absolute atomic E-state index is 0. The maximum absolute atomic E-state index is 5.79. The molecule has 1 unspecified atom stereocenters. The molecule has 1 saturated heterocycles. The fraction of sp³-hybridized carbons (Fsp3) is 0.600. The van der Waals surface area contributed by atoms with Crippen molar-refractivity contribution in [1.82, 2.24) is 5.32 Å². The Labute approximate surface area is 121 Å². The lowest BCUT2D eigenvalue weighted by Gasteiger charge is -2.23. The zero-order chi connectivity index (χ0) is 12.4. The Morgan fingerprint density at radius 3 is 3.11 bits per heavy atom. The molecule has 0 radical (unpaired) electrons. The molecule has 0 bridgehead atoms. The first-order valence-corrected chi connectivity index (χ1v) is 6.96. The first kappa shape index (κ1) is 14.6. The lowest BCUT2D eigenvalue weighted by molar-refractivity contribution is 0.0207. The number of anilines is 1. The summed E-state index contributed by atoms with van der Waals surface area (Å²) < 4.78 is 5.79. The molecule has 1 fully saturated rings. The van der Waals surface area contributed by atoms with Crippen molar-refractivity contribution in [3.63, 3.8) is 0 Å². The minimum atomic E-state index is 0. The zero-order valence-electron chi connectivity index (χ0n) is 11.5. The molecule has 1 atom stereocenters. The quantitative estimate of drug-likeness (QED) is 0.891. The molecule has 2 heterocycles. The number of hydrogen-bond donors (Lipinski definition) is 2. The first-order chi connectivity index (χ1) is 8.77. The van der Waals surface area contributed by atoms with E-state index in [-0.39, 0.29) is 18.0 Å². The number of ether oxygens (including phenoxy) is 1. The molecule has 0 saturated carbocycles. The summed E-state index contributed by atoms with van der Waals surface area (Å²) in [7, 11) is 0. The number of fused-ring (bicyclic) bond motifs is 1. The third kappa shape index (κ3) is 3.22. The van der Waals surface area contributed by atoms with Gasteiger partial charge in [-0.25, -0.2) is 0 Å². The van der Waals surface area contributed by atoms with E-state index in [1.807, 2.05) is 0 Å². The maximum atomic E-state index is 5.79. The summed E-state index contributed by atoms with van der Waals surface area (Å²) in [5, 5.41) is 7.03. The van der Waals surface area contributed by atoms with E-state index < -0.39 is 0 Å². The van der Waals surface area contributed by atoms with E-state index in [9.17, 15) is 0 Å². The van der Waals surface area contributed by atoms with Crippen LogP contribution < -0.4 is 10.6 Å². The maximum Gasteiger partial charge on any atom is 0.0779 e. The molecule has 0 aliphatic carbocycles. The number of nitrogens with one attached hydrogen (secondary N) is 2. The van der Waals surface area contributed by atoms with Gasteiger partial charge in [0.1, 0.15) is 0 Å². The SMILES string of the molecule is CC1(CNCc2cccc3c2NCC3)CCCO1.Cl. The van der Waals surface area contributed by atoms with Crippen molar-refractivity contribution in [2.75, 3.05) is 25.0 Å². The highest BCUT2D eigenvalue weighted by molar-refractivity contribution is 5.85. The van der Waals surface area contributed by atoms with E-state index in [2.05, 4.69) is 35.8 Å². The van der Waals surface area contributed by atoms with Crippen molar-refractivity contribution in [3.05, 3.63) is 29.3 Å². The molecule has 2 aliphatic rings. The summed E-state index contributed by atoms with van der Waals surface area (Å²) in [6.07, 6.45) is 3.52. The molecule has 3 rings (SSSR count). The highest BCUT2D eigenvalue weighted by Gasteiger charge is 2.29. The van der Waals surface area contributed by atoms with Crippen LogP contribution in [0.3, 0.4) is 0 Å². The monoisotopic (exact) mass is 282 g/mol. The van der Waals surface area contributed by atoms with Crippen molar-refractivity contribution >= 4 is 18.1 Å². The summed E-state index contributed by atoms with van der Waals surface area (Å²) in [4.78, 5) is 0. The molecule has 2 aliphatic heterocycles. The Bertz CT molecular complexity index is 430. The van der Waals surface area contributed by atoms with Crippen molar-refractivity contribution < 1.29 is 4.74 Å². The van der Waals surface area contributed by atoms with E-state index in [4.69, 9.17) is 4.74 Å². The van der Waals surface area contributed by atoms with Gasteiger partial charge in [0.25, 0.3) is 0 Å². The Kier molecular flexibility index (Phi) is 4.71. The molecule has 0 amide bonds. The Hall–Kier alpha value is -0.770. The highest BCUT2D eigenvalue weighted by atomic mass is 35.5. The predicted molar refractivity (Wildman–Crippen MR) is 81.2 cm³/mol. The standard InChI is InChI=1S/C15H22N2O.ClH/c1-15(7-3-9-18-15)11-16-10-13-5-2-4-12-6-8-17-14(12)13;/h2,4-5,16-17H,3,6-11H2,1H3;1H. The van der Waals surface area contributed by atoms with Gasteiger partial charge in [0.2, 0.25) is 0 Å². The van der Waals surface area contributed by atoms with Crippen LogP contribution in [0.25, 0.3) is 0 Å². The summed E-state index contributed by atoms with van der Waals surface area (Å²) in [5.41, 5.74) is 4.23. The molecule has 0 aromatic heterocycles. The van der Waals surface area contributed by atoms with E-state index in [1.165, 1.54) is 29.7 Å². The van der Waals surface area contributed by atoms with Crippen molar-refractivity contribution in [2.24, 2.45) is 0 Å². The van der Waals surface area contributed by atoms with Crippen LogP contribution in [0.1, 0.15) is 30.9 Å². The molecule has 1 aromatic rings. The summed E-state index contributed by atoms with van der Waals surface area (Å²) in [6.45, 7) is 6.07. The number of para-hydroxylation sites is 1. The Morgan fingerprint density at radius 2 is 2.32 bits per heavy atom. The second-order valence-corrected chi connectivity index (χ2v) is 5.63. The van der Waals surface area contributed by atoms with Gasteiger partial charge in [-0.2, -0.15) is 0 Å². The zero-order valence-corrected chi connectivity index (χ0v) is 12.3. The Morgan fingerprint density at radius 1 is 1.42 bits per heavy atom. The highest BCUT2D eigenvalue weighted by Crippen LogP contribution is 2.27. The number of hydrogen-bond acceptors (Lipinski definition) is 3. The van der Waals surface area contributed by atoms with Crippen molar-refractivity contribution in [2.45, 2.75) is 38.3 Å². The number of rotatable bonds is 4. The van der Waals surface area contributed by atoms with Crippen LogP contribution >= 0.6 is 12.4 Å². The largest absolute Gasteiger partial charge is 0.384 e. The van der Waals surface area contributed by atoms with E-state index in [1.54, 1.807) is 0 Å². The van der Waals surface area contributed by atoms with Gasteiger partial charge in [-0.3, -0.25) is 0 Å². The molecular weight excluding hydrogens is 260 g/mol. The van der Waals surface area contributed by atoms with E-state index >= 15 is 0 Å². The van der Waals surface area contributed by atoms with Crippen LogP contribution in [0.15, 0.2) is 18.2 Å². The average Bonchev–Trinajstić information content (AvgIpc) is 2.98. The van der Waals surface area contributed by atoms with Gasteiger partial charge in [0.15, 0.2) is 0 Å². The number of halogens is 1. The molecule has 1 aromatic carbocycles. The fourth-order valence-corrected chi connectivity index (χ4v) is 3.00. The van der Waals surface area contributed by atoms with Gasteiger partial charge < -0.3 is 15.4 Å². The Balaban J connectivity index is 0.00000133. The summed E-state index contributed by atoms with van der Waals surface area (Å²) in [5.74, 6) is 0. The molecule has 106 valence electrons. The van der Waals surface area contributed by atoms with Crippen molar-refractivity contribution in [1.29, 1.82) is 0 Å². The molecule has 2 N–H and O–H groups in total. The van der Waals surface area contributed by atoms with Crippen LogP contribution in [-0.2, 0) is 17.7 Å². The minimum Gasteiger partial charge on any atom is -0.384 e. The molecule has 0 spiro atoms. The van der Waals surface area contributed by atoms with Crippen LogP contribution in [0.4, 0.5) is 5.69 Å². The topological polar surface area (TPSA) is 33.3 Å². The van der Waals surface area contributed by atoms with Crippen LogP contribution in [0.5, 0.6) is 0 Å². The van der Waals surface area contributed by atoms with E-state index in [0.717, 1.165) is 32.7 Å². The number of benzene rings is 1. The third-order valence-corrected chi connectivity index (χ3v) is 4.05. The smallest absolute Gasteiger partial charge is 0.0779 e. The van der Waals surface area contributed by atoms with Gasteiger partial charge >= 0.3 is 0 Å². The lowest BCUT2D eigenvalue weighted by Crippen LogP contribution is -2.36. The first-order valence-electron chi connectivity index (χ1n) is 6.96. The fourth-order valence-electron chi connectivity index (χ4n) is 3.00. The summed E-state index contributed by atoms with van der Waals surface area (Å²) in [6, 6.07) is 6.60. The van der Waals surface area contributed by atoms with Gasteiger partial charge in [-0.05, 0) is 37.3 Å². The van der Waals surface area contributed by atoms with Crippen LogP contribution in [0, 0.1) is 0 Å². The van der Waals surface area contributed by atoms with E-state index in [0.29, 0.717) is 0 Å². The second-order valence-electron chi connectivity index (χ2n) is 5.63. The van der Waals surface area contributed by atoms with Crippen LogP contribution in [0.2, 0.25) is 0 Å². The van der Waals surface area contributed by atoms with Gasteiger partial charge in [0.05, 0.1) is 5.60 Å². The normalized spacial score (nSPS) is 24.7. The van der Waals surface area contributed by atoms with Crippen LogP contribution in [-0.4, -0.2) is 25.3 Å². The molecule has 3 nitrogen and oxygen atoms in total. The summed E-state index contributed by atoms with van der Waals surface area (Å²) >= 11 is 0. The predicted octanol–water partition coefficient (Wildman–Crippen LogP) is 2.74. The average molecular weight is 283 g/mol. The second kappa shape index (κ2) is 6.12. The van der Waals surface area contributed by atoms with Gasteiger partial charge in [-0.15, -0.1) is 12.4 Å². The molecular formula is C15H23ClN2O. The van der Waals surface area contributed by atoms with Gasteiger partial charge in [-0.1, -0.05) is 18.2 Å². The molecule has 19 heavy (non-hydrogen) atoms.